The Kier molecular flexibility index (Phi) is 3.66. The van der Waals surface area contributed by atoms with E-state index >= 15 is 0 Å². The number of aromatic nitrogens is 1. The van der Waals surface area contributed by atoms with Crippen molar-refractivity contribution in [2.45, 2.75) is 13.1 Å². The number of hydrogen-bond donors (Lipinski definition) is 2. The third-order valence-electron chi connectivity index (χ3n) is 1.99. The van der Waals surface area contributed by atoms with Gasteiger partial charge in [-0.1, -0.05) is 0 Å². The summed E-state index contributed by atoms with van der Waals surface area (Å²) in [5.74, 6) is -0.151. The Morgan fingerprint density at radius 1 is 1.50 bits per heavy atom. The van der Waals surface area contributed by atoms with Crippen LogP contribution < -0.4 is 11.1 Å². The molecule has 0 aliphatic heterocycles. The summed E-state index contributed by atoms with van der Waals surface area (Å²) in [6.07, 6.45) is 0. The number of nitrogens with two attached hydrogens (primary N) is 1. The second-order valence-electron chi connectivity index (χ2n) is 3.14. The van der Waals surface area contributed by atoms with Gasteiger partial charge in [0.05, 0.1) is 0 Å². The minimum Gasteiger partial charge on any atom is -0.347 e. The molecular weight excluding hydrogens is 242 g/mol. The second-order valence-corrected chi connectivity index (χ2v) is 4.87. The van der Waals surface area contributed by atoms with Crippen molar-refractivity contribution >= 4 is 28.6 Å². The van der Waals surface area contributed by atoms with E-state index in [0.29, 0.717) is 18.8 Å². The molecule has 0 aliphatic carbocycles. The van der Waals surface area contributed by atoms with Crippen molar-refractivity contribution in [3.8, 4) is 0 Å². The zero-order chi connectivity index (χ0) is 11.4. The van der Waals surface area contributed by atoms with Gasteiger partial charge in [-0.3, -0.25) is 4.79 Å². The maximum absolute atomic E-state index is 11.7. The monoisotopic (exact) mass is 253 g/mol. The van der Waals surface area contributed by atoms with Crippen LogP contribution in [-0.2, 0) is 13.1 Å². The molecule has 2 heterocycles. The lowest BCUT2D eigenvalue weighted by Crippen LogP contribution is -2.22. The smallest absolute Gasteiger partial charge is 0.271 e. The van der Waals surface area contributed by atoms with Gasteiger partial charge in [0.15, 0.2) is 0 Å². The molecule has 0 atom stereocenters. The van der Waals surface area contributed by atoms with Crippen molar-refractivity contribution in [1.29, 1.82) is 0 Å². The molecule has 0 unspecified atom stereocenters. The molecule has 4 nitrogen and oxygen atoms in total. The Morgan fingerprint density at radius 2 is 2.38 bits per heavy atom. The number of rotatable bonds is 4. The van der Waals surface area contributed by atoms with Crippen LogP contribution in [0.4, 0.5) is 0 Å². The zero-order valence-corrected chi connectivity index (χ0v) is 10.1. The molecule has 1 amide bonds. The van der Waals surface area contributed by atoms with Crippen LogP contribution in [0, 0.1) is 0 Å². The number of thiophene rings is 1. The van der Waals surface area contributed by atoms with Crippen LogP contribution in [0.3, 0.4) is 0 Å². The third kappa shape index (κ3) is 2.66. The van der Waals surface area contributed by atoms with E-state index in [2.05, 4.69) is 10.3 Å². The Balaban J connectivity index is 1.93. The molecule has 0 fully saturated rings. The van der Waals surface area contributed by atoms with Crippen molar-refractivity contribution in [3.63, 3.8) is 0 Å². The topological polar surface area (TPSA) is 68.0 Å². The average molecular weight is 253 g/mol. The summed E-state index contributed by atoms with van der Waals surface area (Å²) in [6.45, 7) is 0.917. The molecule has 0 radical (unpaired) electrons. The van der Waals surface area contributed by atoms with E-state index in [1.807, 2.05) is 16.8 Å². The summed E-state index contributed by atoms with van der Waals surface area (Å²) in [6, 6.07) is 1.98. The first kappa shape index (κ1) is 11.3. The van der Waals surface area contributed by atoms with Crippen molar-refractivity contribution in [2.75, 3.05) is 0 Å². The Labute approximate surface area is 101 Å². The minimum atomic E-state index is -0.151. The molecule has 6 heteroatoms. The summed E-state index contributed by atoms with van der Waals surface area (Å²) in [5.41, 5.74) is 6.98. The predicted molar refractivity (Wildman–Crippen MR) is 65.5 cm³/mol. The number of hydrogen-bond acceptors (Lipinski definition) is 5. The Bertz CT molecular complexity index is 464. The van der Waals surface area contributed by atoms with Crippen LogP contribution in [-0.4, -0.2) is 10.9 Å². The van der Waals surface area contributed by atoms with Gasteiger partial charge in [-0.2, -0.15) is 11.3 Å². The van der Waals surface area contributed by atoms with E-state index in [1.54, 1.807) is 16.7 Å². The van der Waals surface area contributed by atoms with Crippen molar-refractivity contribution in [2.24, 2.45) is 5.73 Å². The van der Waals surface area contributed by atoms with Crippen LogP contribution >= 0.6 is 22.7 Å². The SMILES string of the molecule is NCc1nc(C(=O)NCc2ccsc2)cs1. The summed E-state index contributed by atoms with van der Waals surface area (Å²) in [7, 11) is 0. The van der Waals surface area contributed by atoms with E-state index in [9.17, 15) is 4.79 Å². The fraction of sp³-hybridized carbons (Fsp3) is 0.200. The zero-order valence-electron chi connectivity index (χ0n) is 8.47. The lowest BCUT2D eigenvalue weighted by Gasteiger charge is -2.00. The van der Waals surface area contributed by atoms with E-state index in [4.69, 9.17) is 5.73 Å². The number of carbonyl (C=O) groups is 1. The molecule has 2 aromatic heterocycles. The molecule has 3 N–H and O–H groups in total. The third-order valence-corrected chi connectivity index (χ3v) is 3.60. The highest BCUT2D eigenvalue weighted by Gasteiger charge is 2.09. The quantitative estimate of drug-likeness (QED) is 0.869. The number of thiazole rings is 1. The van der Waals surface area contributed by atoms with Crippen LogP contribution in [0.2, 0.25) is 0 Å². The largest absolute Gasteiger partial charge is 0.347 e. The first-order valence-electron chi connectivity index (χ1n) is 4.73. The second kappa shape index (κ2) is 5.20. The van der Waals surface area contributed by atoms with E-state index in [1.165, 1.54) is 11.3 Å². The van der Waals surface area contributed by atoms with Gasteiger partial charge >= 0.3 is 0 Å². The molecule has 16 heavy (non-hydrogen) atoms. The van der Waals surface area contributed by atoms with Crippen LogP contribution in [0.25, 0.3) is 0 Å². The van der Waals surface area contributed by atoms with E-state index in [0.717, 1.165) is 10.6 Å². The first-order valence-corrected chi connectivity index (χ1v) is 6.55. The molecule has 0 bridgehead atoms. The number of nitrogens with zero attached hydrogens (tertiary/aromatic N) is 1. The lowest BCUT2D eigenvalue weighted by atomic mass is 10.3. The van der Waals surface area contributed by atoms with Crippen molar-refractivity contribution in [1.82, 2.24) is 10.3 Å². The highest BCUT2D eigenvalue weighted by molar-refractivity contribution is 7.09. The highest BCUT2D eigenvalue weighted by atomic mass is 32.1. The summed E-state index contributed by atoms with van der Waals surface area (Å²) in [5, 5.41) is 9.31. The first-order chi connectivity index (χ1) is 7.79. The van der Waals surface area contributed by atoms with Gasteiger partial charge in [0, 0.05) is 18.5 Å². The molecule has 0 aliphatic rings. The summed E-state index contributed by atoms with van der Waals surface area (Å²) in [4.78, 5) is 15.8. The minimum absolute atomic E-state index is 0.151. The number of amides is 1. The molecule has 0 spiro atoms. The molecule has 2 aromatic rings. The molecule has 0 saturated carbocycles. The predicted octanol–water partition coefficient (Wildman–Crippen LogP) is 1.59. The fourth-order valence-electron chi connectivity index (χ4n) is 1.18. The van der Waals surface area contributed by atoms with Crippen molar-refractivity contribution in [3.05, 3.63) is 38.5 Å². The normalized spacial score (nSPS) is 10.3. The fourth-order valence-corrected chi connectivity index (χ4v) is 2.50. The van der Waals surface area contributed by atoms with Gasteiger partial charge < -0.3 is 11.1 Å². The molecular formula is C10H11N3OS2. The maximum atomic E-state index is 11.7. The molecule has 84 valence electrons. The van der Waals surface area contributed by atoms with Gasteiger partial charge in [0.2, 0.25) is 0 Å². The Morgan fingerprint density at radius 3 is 3.00 bits per heavy atom. The van der Waals surface area contributed by atoms with Crippen LogP contribution in [0.1, 0.15) is 21.1 Å². The summed E-state index contributed by atoms with van der Waals surface area (Å²) >= 11 is 3.02. The van der Waals surface area contributed by atoms with E-state index in [-0.39, 0.29) is 5.91 Å². The van der Waals surface area contributed by atoms with Crippen LogP contribution in [0.5, 0.6) is 0 Å². The van der Waals surface area contributed by atoms with Crippen molar-refractivity contribution < 1.29 is 4.79 Å². The lowest BCUT2D eigenvalue weighted by molar-refractivity contribution is 0.0946. The van der Waals surface area contributed by atoms with Crippen LogP contribution in [0.15, 0.2) is 22.2 Å². The number of carbonyl (C=O) groups excluding carboxylic acids is 1. The average Bonchev–Trinajstić information content (AvgIpc) is 2.96. The van der Waals surface area contributed by atoms with Gasteiger partial charge in [-0.05, 0) is 22.4 Å². The maximum Gasteiger partial charge on any atom is 0.271 e. The molecule has 2 rings (SSSR count). The molecule has 0 aromatic carbocycles. The number of nitrogens with one attached hydrogen (secondary N) is 1. The summed E-state index contributed by atoms with van der Waals surface area (Å²) < 4.78 is 0. The van der Waals surface area contributed by atoms with Gasteiger partial charge in [-0.25, -0.2) is 4.98 Å². The van der Waals surface area contributed by atoms with Gasteiger partial charge in [-0.15, -0.1) is 11.3 Å². The highest BCUT2D eigenvalue weighted by Crippen LogP contribution is 2.09. The Hall–Kier alpha value is -1.24. The molecule has 0 saturated heterocycles. The van der Waals surface area contributed by atoms with Gasteiger partial charge in [0.25, 0.3) is 5.91 Å². The van der Waals surface area contributed by atoms with E-state index < -0.39 is 0 Å². The van der Waals surface area contributed by atoms with Gasteiger partial charge in [0.1, 0.15) is 10.7 Å². The standard InChI is InChI=1S/C10H11N3OS2/c11-3-9-13-8(6-16-9)10(14)12-4-7-1-2-15-5-7/h1-2,5-6H,3-4,11H2,(H,12,14).